The average molecular weight is 324 g/mol. The fraction of sp³-hybridized carbons (Fsp3) is 0.333. The van der Waals surface area contributed by atoms with Gasteiger partial charge in [-0.1, -0.05) is 61.5 Å². The molecule has 0 aliphatic rings. The van der Waals surface area contributed by atoms with Gasteiger partial charge in [0.25, 0.3) is 0 Å². The lowest BCUT2D eigenvalue weighted by Crippen LogP contribution is -2.26. The van der Waals surface area contributed by atoms with Crippen LogP contribution in [0.3, 0.4) is 0 Å². The molecule has 0 radical (unpaired) electrons. The minimum Gasteiger partial charge on any atom is -0.460 e. The van der Waals surface area contributed by atoms with E-state index in [1.165, 1.54) is 0 Å². The van der Waals surface area contributed by atoms with Crippen LogP contribution in [0.25, 0.3) is 11.1 Å². The van der Waals surface area contributed by atoms with E-state index in [0.717, 1.165) is 16.7 Å². The highest BCUT2D eigenvalue weighted by Gasteiger charge is 2.22. The van der Waals surface area contributed by atoms with Gasteiger partial charge in [-0.15, -0.1) is 0 Å². The van der Waals surface area contributed by atoms with Crippen molar-refractivity contribution < 1.29 is 14.3 Å². The Morgan fingerprint density at radius 2 is 1.46 bits per heavy atom. The first-order valence-corrected chi connectivity index (χ1v) is 8.16. The number of ether oxygens (including phenoxy) is 1. The monoisotopic (exact) mass is 324 g/mol. The summed E-state index contributed by atoms with van der Waals surface area (Å²) in [5.74, 6) is -0.931. The van der Waals surface area contributed by atoms with Crippen LogP contribution in [0.5, 0.6) is 0 Å². The predicted molar refractivity (Wildman–Crippen MR) is 95.8 cm³/mol. The summed E-state index contributed by atoms with van der Waals surface area (Å²) in [7, 11) is 0. The molecule has 2 aromatic carbocycles. The van der Waals surface area contributed by atoms with Crippen molar-refractivity contribution in [1.29, 1.82) is 0 Å². The highest BCUT2D eigenvalue weighted by molar-refractivity contribution is 5.99. The van der Waals surface area contributed by atoms with Gasteiger partial charge < -0.3 is 4.74 Å². The van der Waals surface area contributed by atoms with Crippen LogP contribution >= 0.6 is 0 Å². The van der Waals surface area contributed by atoms with Crippen molar-refractivity contribution in [2.45, 2.75) is 45.6 Å². The highest BCUT2D eigenvalue weighted by atomic mass is 16.6. The van der Waals surface area contributed by atoms with Gasteiger partial charge in [-0.25, -0.2) is 0 Å². The zero-order chi connectivity index (χ0) is 17.7. The van der Waals surface area contributed by atoms with E-state index in [2.05, 4.69) is 0 Å². The Labute approximate surface area is 143 Å². The van der Waals surface area contributed by atoms with Crippen molar-refractivity contribution in [3.63, 3.8) is 0 Å². The fourth-order valence-electron chi connectivity index (χ4n) is 2.45. The topological polar surface area (TPSA) is 43.4 Å². The van der Waals surface area contributed by atoms with Crippen molar-refractivity contribution in [3.8, 4) is 11.1 Å². The number of rotatable bonds is 5. The normalized spacial score (nSPS) is 12.5. The predicted octanol–water partition coefficient (Wildman–Crippen LogP) is 4.76. The van der Waals surface area contributed by atoms with E-state index >= 15 is 0 Å². The number of carbonyl (C=O) groups excluding carboxylic acids is 2. The van der Waals surface area contributed by atoms with E-state index in [1.54, 1.807) is 20.8 Å². The molecular weight excluding hydrogens is 300 g/mol. The van der Waals surface area contributed by atoms with E-state index in [9.17, 15) is 9.59 Å². The summed E-state index contributed by atoms with van der Waals surface area (Å²) in [5, 5.41) is 0. The Morgan fingerprint density at radius 1 is 0.917 bits per heavy atom. The first-order valence-electron chi connectivity index (χ1n) is 8.16. The Balaban J connectivity index is 2.03. The minimum atomic E-state index is -0.571. The van der Waals surface area contributed by atoms with E-state index in [-0.39, 0.29) is 18.1 Å². The van der Waals surface area contributed by atoms with Crippen LogP contribution < -0.4 is 0 Å². The van der Waals surface area contributed by atoms with Crippen LogP contribution in [-0.4, -0.2) is 17.4 Å². The van der Waals surface area contributed by atoms with Crippen LogP contribution in [0.15, 0.2) is 54.6 Å². The maximum Gasteiger partial charge on any atom is 0.313 e. The molecule has 0 N–H and O–H groups in total. The molecule has 0 bridgehead atoms. The first-order chi connectivity index (χ1) is 11.3. The molecule has 24 heavy (non-hydrogen) atoms. The Bertz CT molecular complexity index is 694. The Hall–Kier alpha value is -2.42. The first kappa shape index (κ1) is 17.9. The average Bonchev–Trinajstić information content (AvgIpc) is 2.53. The van der Waals surface area contributed by atoms with Gasteiger partial charge >= 0.3 is 5.97 Å². The lowest BCUT2D eigenvalue weighted by molar-refractivity contribution is -0.156. The van der Waals surface area contributed by atoms with Crippen molar-refractivity contribution >= 4 is 11.8 Å². The third-order valence-electron chi connectivity index (χ3n) is 3.74. The molecule has 2 rings (SSSR count). The maximum absolute atomic E-state index is 12.3. The SMILES string of the molecule is CC(C(=O)CC(=O)OC(C)(C)C)c1ccc(-c2ccccc2)cc1. The summed E-state index contributed by atoms with van der Waals surface area (Å²) in [6.45, 7) is 7.20. The molecule has 0 fully saturated rings. The number of hydrogen-bond donors (Lipinski definition) is 0. The lowest BCUT2D eigenvalue weighted by atomic mass is 9.93. The molecule has 2 aromatic rings. The number of hydrogen-bond acceptors (Lipinski definition) is 3. The molecule has 3 heteroatoms. The van der Waals surface area contributed by atoms with Crippen molar-refractivity contribution in [2.24, 2.45) is 0 Å². The molecule has 0 saturated heterocycles. The summed E-state index contributed by atoms with van der Waals surface area (Å²) in [4.78, 5) is 24.1. The number of esters is 1. The van der Waals surface area contributed by atoms with E-state index in [4.69, 9.17) is 4.74 Å². The Morgan fingerprint density at radius 3 is 2.00 bits per heavy atom. The summed E-state index contributed by atoms with van der Waals surface area (Å²) in [6, 6.07) is 18.0. The smallest absolute Gasteiger partial charge is 0.313 e. The molecule has 0 amide bonds. The Kier molecular flexibility index (Phi) is 5.55. The molecular formula is C21H24O3. The van der Waals surface area contributed by atoms with Gasteiger partial charge in [0.05, 0.1) is 0 Å². The lowest BCUT2D eigenvalue weighted by Gasteiger charge is -2.20. The number of Topliss-reactive ketones (excluding diaryl/α,β-unsaturated/α-hetero) is 1. The zero-order valence-corrected chi connectivity index (χ0v) is 14.7. The molecule has 0 saturated carbocycles. The van der Waals surface area contributed by atoms with E-state index in [0.29, 0.717) is 0 Å². The quantitative estimate of drug-likeness (QED) is 0.588. The van der Waals surface area contributed by atoms with Gasteiger partial charge in [-0.05, 0) is 37.5 Å². The second kappa shape index (κ2) is 7.43. The van der Waals surface area contributed by atoms with Crippen LogP contribution in [0.2, 0.25) is 0 Å². The third kappa shape index (κ3) is 5.05. The second-order valence-corrected chi connectivity index (χ2v) is 6.94. The van der Waals surface area contributed by atoms with Crippen molar-refractivity contribution in [1.82, 2.24) is 0 Å². The van der Waals surface area contributed by atoms with Crippen LogP contribution in [-0.2, 0) is 14.3 Å². The van der Waals surface area contributed by atoms with Crippen LogP contribution in [0.1, 0.15) is 45.6 Å². The van der Waals surface area contributed by atoms with Gasteiger partial charge in [-0.3, -0.25) is 9.59 Å². The fourth-order valence-corrected chi connectivity index (χ4v) is 2.45. The molecule has 1 unspecified atom stereocenters. The van der Waals surface area contributed by atoms with Crippen molar-refractivity contribution in [2.75, 3.05) is 0 Å². The molecule has 0 heterocycles. The number of carbonyl (C=O) groups is 2. The molecule has 3 nitrogen and oxygen atoms in total. The van der Waals surface area contributed by atoms with Gasteiger partial charge in [0.15, 0.2) is 5.78 Å². The third-order valence-corrected chi connectivity index (χ3v) is 3.74. The summed E-state index contributed by atoms with van der Waals surface area (Å²) in [6.07, 6.45) is -0.196. The van der Waals surface area contributed by atoms with E-state index in [1.807, 2.05) is 61.5 Å². The second-order valence-electron chi connectivity index (χ2n) is 6.94. The molecule has 1 atom stereocenters. The molecule has 0 aliphatic carbocycles. The van der Waals surface area contributed by atoms with Crippen LogP contribution in [0, 0.1) is 0 Å². The molecule has 0 aliphatic heterocycles. The summed E-state index contributed by atoms with van der Waals surface area (Å²) >= 11 is 0. The minimum absolute atomic E-state index is 0.128. The number of ketones is 1. The van der Waals surface area contributed by atoms with Crippen LogP contribution in [0.4, 0.5) is 0 Å². The maximum atomic E-state index is 12.3. The largest absolute Gasteiger partial charge is 0.460 e. The van der Waals surface area contributed by atoms with Crippen molar-refractivity contribution in [3.05, 3.63) is 60.2 Å². The summed E-state index contributed by atoms with van der Waals surface area (Å²) in [5.41, 5.74) is 2.57. The van der Waals surface area contributed by atoms with Gasteiger partial charge in [0.1, 0.15) is 12.0 Å². The van der Waals surface area contributed by atoms with E-state index < -0.39 is 11.6 Å². The van der Waals surface area contributed by atoms with Gasteiger partial charge in [0, 0.05) is 5.92 Å². The van der Waals surface area contributed by atoms with Gasteiger partial charge in [0.2, 0.25) is 0 Å². The standard InChI is InChI=1S/C21H24O3/c1-15(19(22)14-20(23)24-21(2,3)4)16-10-12-18(13-11-16)17-8-6-5-7-9-17/h5-13,15H,14H2,1-4H3. The molecule has 126 valence electrons. The molecule has 0 spiro atoms. The summed E-state index contributed by atoms with van der Waals surface area (Å²) < 4.78 is 5.21. The van der Waals surface area contributed by atoms with Gasteiger partial charge in [-0.2, -0.15) is 0 Å². The highest BCUT2D eigenvalue weighted by Crippen LogP contribution is 2.24. The molecule has 0 aromatic heterocycles. The zero-order valence-electron chi connectivity index (χ0n) is 14.7. The number of benzene rings is 2.